The number of aliphatic hydroxyl groups is 1. The van der Waals surface area contributed by atoms with Crippen molar-refractivity contribution >= 4 is 0 Å². The van der Waals surface area contributed by atoms with Gasteiger partial charge in [0.05, 0.1) is 6.10 Å². The van der Waals surface area contributed by atoms with Crippen LogP contribution >= 0.6 is 0 Å². The second kappa shape index (κ2) is 7.35. The first-order valence-electron chi connectivity index (χ1n) is 4.99. The first-order valence-corrected chi connectivity index (χ1v) is 4.99. The van der Waals surface area contributed by atoms with E-state index >= 15 is 0 Å². The molecule has 0 aliphatic carbocycles. The van der Waals surface area contributed by atoms with Gasteiger partial charge in [-0.1, -0.05) is 38.2 Å². The van der Waals surface area contributed by atoms with E-state index in [1.807, 2.05) is 6.92 Å². The molecule has 72 valence electrons. The van der Waals surface area contributed by atoms with Crippen LogP contribution in [0.2, 0.25) is 0 Å². The molecule has 0 aromatic heterocycles. The summed E-state index contributed by atoms with van der Waals surface area (Å²) in [5, 5.41) is 9.46. The molecule has 0 saturated heterocycles. The van der Waals surface area contributed by atoms with E-state index in [0.29, 0.717) is 0 Å². The molecular weight excluding hydrogens is 148 g/mol. The van der Waals surface area contributed by atoms with Gasteiger partial charge in [0.2, 0.25) is 0 Å². The Morgan fingerprint density at radius 1 is 1.33 bits per heavy atom. The van der Waals surface area contributed by atoms with Gasteiger partial charge in [0.15, 0.2) is 0 Å². The lowest BCUT2D eigenvalue weighted by atomic mass is 10.0. The Morgan fingerprint density at radius 3 is 2.50 bits per heavy atom. The lowest BCUT2D eigenvalue weighted by Crippen LogP contribution is -2.06. The van der Waals surface area contributed by atoms with Crippen LogP contribution in [0.1, 0.15) is 52.4 Å². The standard InChI is InChI=1S/C11H22O/c1-4-5-6-7-8-11(12)9-10(2)3/h11-12H,2,4-9H2,1,3H3/t11-/m0/s1. The van der Waals surface area contributed by atoms with Gasteiger partial charge < -0.3 is 5.11 Å². The minimum atomic E-state index is -0.153. The molecule has 0 saturated carbocycles. The maximum atomic E-state index is 9.46. The largest absolute Gasteiger partial charge is 0.393 e. The number of hydrogen-bond donors (Lipinski definition) is 1. The van der Waals surface area contributed by atoms with Gasteiger partial charge in [0.25, 0.3) is 0 Å². The van der Waals surface area contributed by atoms with Gasteiger partial charge in [0.1, 0.15) is 0 Å². The van der Waals surface area contributed by atoms with Crippen LogP contribution in [0.3, 0.4) is 0 Å². The number of hydrogen-bond acceptors (Lipinski definition) is 1. The molecule has 0 bridgehead atoms. The normalized spacial score (nSPS) is 12.9. The van der Waals surface area contributed by atoms with Crippen LogP contribution in [-0.4, -0.2) is 11.2 Å². The van der Waals surface area contributed by atoms with Crippen LogP contribution < -0.4 is 0 Å². The lowest BCUT2D eigenvalue weighted by molar-refractivity contribution is 0.161. The molecule has 0 aliphatic rings. The molecule has 0 fully saturated rings. The smallest absolute Gasteiger partial charge is 0.0577 e. The highest BCUT2D eigenvalue weighted by Crippen LogP contribution is 2.10. The maximum absolute atomic E-state index is 9.46. The van der Waals surface area contributed by atoms with E-state index in [1.165, 1.54) is 19.3 Å². The Bertz CT molecular complexity index is 118. The minimum absolute atomic E-state index is 0.153. The zero-order valence-electron chi connectivity index (χ0n) is 8.47. The summed E-state index contributed by atoms with van der Waals surface area (Å²) in [5.74, 6) is 0. The summed E-state index contributed by atoms with van der Waals surface area (Å²) in [6.07, 6.45) is 6.51. The third kappa shape index (κ3) is 7.80. The Labute approximate surface area is 76.5 Å². The highest BCUT2D eigenvalue weighted by molar-refractivity contribution is 4.90. The highest BCUT2D eigenvalue weighted by Gasteiger charge is 2.02. The summed E-state index contributed by atoms with van der Waals surface area (Å²) in [4.78, 5) is 0. The molecule has 0 unspecified atom stereocenters. The van der Waals surface area contributed by atoms with Gasteiger partial charge in [-0.05, 0) is 19.8 Å². The Hall–Kier alpha value is -0.300. The zero-order chi connectivity index (χ0) is 9.40. The van der Waals surface area contributed by atoms with Gasteiger partial charge in [-0.3, -0.25) is 0 Å². The van der Waals surface area contributed by atoms with Gasteiger partial charge in [-0.25, -0.2) is 0 Å². The van der Waals surface area contributed by atoms with Crippen LogP contribution in [-0.2, 0) is 0 Å². The third-order valence-electron chi connectivity index (χ3n) is 1.97. The zero-order valence-corrected chi connectivity index (χ0v) is 8.47. The fourth-order valence-electron chi connectivity index (χ4n) is 1.31. The fourth-order valence-corrected chi connectivity index (χ4v) is 1.31. The molecule has 1 nitrogen and oxygen atoms in total. The Morgan fingerprint density at radius 2 is 2.00 bits per heavy atom. The van der Waals surface area contributed by atoms with E-state index in [1.54, 1.807) is 0 Å². The quantitative estimate of drug-likeness (QED) is 0.459. The van der Waals surface area contributed by atoms with Crippen LogP contribution in [0, 0.1) is 0 Å². The van der Waals surface area contributed by atoms with E-state index in [2.05, 4.69) is 13.5 Å². The average Bonchev–Trinajstić information content (AvgIpc) is 1.97. The van der Waals surface area contributed by atoms with Gasteiger partial charge >= 0.3 is 0 Å². The van der Waals surface area contributed by atoms with Crippen molar-refractivity contribution in [1.29, 1.82) is 0 Å². The highest BCUT2D eigenvalue weighted by atomic mass is 16.3. The third-order valence-corrected chi connectivity index (χ3v) is 1.97. The van der Waals surface area contributed by atoms with Gasteiger partial charge in [-0.2, -0.15) is 0 Å². The second-order valence-electron chi connectivity index (χ2n) is 3.66. The van der Waals surface area contributed by atoms with Crippen molar-refractivity contribution in [3.8, 4) is 0 Å². The van der Waals surface area contributed by atoms with E-state index in [9.17, 15) is 5.11 Å². The summed E-state index contributed by atoms with van der Waals surface area (Å²) in [7, 11) is 0. The second-order valence-corrected chi connectivity index (χ2v) is 3.66. The summed E-state index contributed by atoms with van der Waals surface area (Å²) < 4.78 is 0. The summed E-state index contributed by atoms with van der Waals surface area (Å²) in [5.41, 5.74) is 1.08. The molecule has 0 aromatic carbocycles. The van der Waals surface area contributed by atoms with Crippen molar-refractivity contribution in [1.82, 2.24) is 0 Å². The van der Waals surface area contributed by atoms with E-state index in [4.69, 9.17) is 0 Å². The molecule has 0 radical (unpaired) electrons. The summed E-state index contributed by atoms with van der Waals surface area (Å²) >= 11 is 0. The molecule has 1 atom stereocenters. The average molecular weight is 170 g/mol. The predicted molar refractivity (Wildman–Crippen MR) is 54.2 cm³/mol. The molecule has 1 heteroatoms. The molecule has 0 heterocycles. The van der Waals surface area contributed by atoms with Crippen LogP contribution in [0.15, 0.2) is 12.2 Å². The first-order chi connectivity index (χ1) is 5.66. The van der Waals surface area contributed by atoms with Crippen LogP contribution in [0.25, 0.3) is 0 Å². The fraction of sp³-hybridized carbons (Fsp3) is 0.818. The summed E-state index contributed by atoms with van der Waals surface area (Å²) in [6.45, 7) is 7.95. The van der Waals surface area contributed by atoms with E-state index < -0.39 is 0 Å². The van der Waals surface area contributed by atoms with Crippen molar-refractivity contribution in [3.63, 3.8) is 0 Å². The Kier molecular flexibility index (Phi) is 7.17. The molecule has 12 heavy (non-hydrogen) atoms. The van der Waals surface area contributed by atoms with Crippen molar-refractivity contribution in [2.24, 2.45) is 0 Å². The van der Waals surface area contributed by atoms with Crippen molar-refractivity contribution < 1.29 is 5.11 Å². The van der Waals surface area contributed by atoms with Crippen molar-refractivity contribution in [2.75, 3.05) is 0 Å². The Balaban J connectivity index is 3.19. The number of unbranched alkanes of at least 4 members (excludes halogenated alkanes) is 3. The molecule has 0 aliphatic heterocycles. The predicted octanol–water partition coefficient (Wildman–Crippen LogP) is 3.28. The molecule has 0 rings (SSSR count). The van der Waals surface area contributed by atoms with Crippen LogP contribution in [0.5, 0.6) is 0 Å². The number of rotatable bonds is 7. The molecular formula is C11H22O. The first kappa shape index (κ1) is 11.7. The van der Waals surface area contributed by atoms with E-state index in [-0.39, 0.29) is 6.10 Å². The summed E-state index contributed by atoms with van der Waals surface area (Å²) in [6, 6.07) is 0. The van der Waals surface area contributed by atoms with Crippen molar-refractivity contribution in [2.45, 2.75) is 58.5 Å². The van der Waals surface area contributed by atoms with Gasteiger partial charge in [0, 0.05) is 0 Å². The maximum Gasteiger partial charge on any atom is 0.0577 e. The minimum Gasteiger partial charge on any atom is -0.393 e. The topological polar surface area (TPSA) is 20.2 Å². The van der Waals surface area contributed by atoms with Gasteiger partial charge in [-0.15, -0.1) is 6.58 Å². The number of aliphatic hydroxyl groups excluding tert-OH is 1. The molecule has 1 N–H and O–H groups in total. The lowest BCUT2D eigenvalue weighted by Gasteiger charge is -2.09. The molecule has 0 amide bonds. The molecule has 0 spiro atoms. The van der Waals surface area contributed by atoms with Crippen LogP contribution in [0.4, 0.5) is 0 Å². The molecule has 0 aromatic rings. The van der Waals surface area contributed by atoms with E-state index in [0.717, 1.165) is 24.8 Å². The van der Waals surface area contributed by atoms with Crippen molar-refractivity contribution in [3.05, 3.63) is 12.2 Å². The SMILES string of the molecule is C=C(C)C[C@@H](O)CCCCCC. The monoisotopic (exact) mass is 170 g/mol.